The molecule has 10 aromatic rings. The maximum atomic E-state index is 13.3. The van der Waals surface area contributed by atoms with E-state index in [1.54, 1.807) is 31.3 Å². The molecule has 0 spiro atoms. The van der Waals surface area contributed by atoms with E-state index in [9.17, 15) is 9.59 Å². The third-order valence-corrected chi connectivity index (χ3v) is 12.4. The molecule has 2 amide bonds. The van der Waals surface area contributed by atoms with Crippen molar-refractivity contribution in [2.24, 2.45) is 0 Å². The summed E-state index contributed by atoms with van der Waals surface area (Å²) >= 11 is 0. The summed E-state index contributed by atoms with van der Waals surface area (Å²) in [6.07, 6.45) is 0.503. The van der Waals surface area contributed by atoms with E-state index in [4.69, 9.17) is 18.9 Å². The van der Waals surface area contributed by atoms with E-state index >= 15 is 0 Å². The summed E-state index contributed by atoms with van der Waals surface area (Å²) in [4.78, 5) is 29.8. The van der Waals surface area contributed by atoms with Gasteiger partial charge in [0.15, 0.2) is 11.6 Å². The van der Waals surface area contributed by atoms with E-state index in [1.165, 1.54) is 11.1 Å². The molecule has 2 aliphatic rings. The number of aromatic nitrogens is 8. The lowest BCUT2D eigenvalue weighted by Crippen LogP contribution is -2.42. The van der Waals surface area contributed by atoms with E-state index in [-0.39, 0.29) is 0 Å². The van der Waals surface area contributed by atoms with Crippen molar-refractivity contribution in [3.8, 4) is 34.5 Å². The SMILES string of the molecule is O=C1Oc2ccccc2[C@@H](c2nnnn2CCc2ccccc2)N1c1ccc(Oc2ccccc2)cc1.O=C1Oc2ccccc2[C@H](c2nnnn2CCc2ccccc2)N1c1ccc(Oc2ccccc2)cc1. The van der Waals surface area contributed by atoms with E-state index < -0.39 is 24.3 Å². The number of hydrogen-bond acceptors (Lipinski definition) is 12. The molecule has 4 heterocycles. The third-order valence-electron chi connectivity index (χ3n) is 12.4. The highest BCUT2D eigenvalue weighted by atomic mass is 16.6. The maximum Gasteiger partial charge on any atom is 0.420 e. The van der Waals surface area contributed by atoms with E-state index in [2.05, 4.69) is 55.3 Å². The Kier molecular flexibility index (Phi) is 13.5. The number of ether oxygens (including phenoxy) is 4. The molecule has 2 atom stereocenters. The second-order valence-corrected chi connectivity index (χ2v) is 17.2. The van der Waals surface area contributed by atoms with Crippen molar-refractivity contribution >= 4 is 23.6 Å². The van der Waals surface area contributed by atoms with Crippen molar-refractivity contribution < 1.29 is 28.5 Å². The van der Waals surface area contributed by atoms with Gasteiger partial charge in [-0.2, -0.15) is 0 Å². The predicted molar refractivity (Wildman–Crippen MR) is 275 cm³/mol. The molecule has 0 aliphatic carbocycles. The zero-order valence-electron chi connectivity index (χ0n) is 39.7. The van der Waals surface area contributed by atoms with Crippen molar-refractivity contribution in [2.75, 3.05) is 9.80 Å². The van der Waals surface area contributed by atoms with Crippen LogP contribution in [0.1, 0.15) is 46.0 Å². The fraction of sp³-hybridized carbons (Fsp3) is 0.103. The molecule has 2 aliphatic heterocycles. The Labute approximate surface area is 425 Å². The summed E-state index contributed by atoms with van der Waals surface area (Å²) < 4.78 is 26.8. The molecular formula is C58H46N10O6. The van der Waals surface area contributed by atoms with Crippen LogP contribution in [-0.2, 0) is 25.9 Å². The van der Waals surface area contributed by atoms with Gasteiger partial charge in [-0.3, -0.25) is 9.80 Å². The van der Waals surface area contributed by atoms with Gasteiger partial charge in [0.25, 0.3) is 0 Å². The van der Waals surface area contributed by atoms with Crippen molar-refractivity contribution in [2.45, 2.75) is 38.0 Å². The molecule has 0 saturated carbocycles. The Morgan fingerprint density at radius 3 is 1.12 bits per heavy atom. The molecule has 16 nitrogen and oxygen atoms in total. The summed E-state index contributed by atoms with van der Waals surface area (Å²) in [5, 5.41) is 25.1. The smallest absolute Gasteiger partial charge is 0.420 e. The molecular weight excluding hydrogens is 933 g/mol. The number of aryl methyl sites for hydroxylation is 4. The number of rotatable bonds is 14. The average Bonchev–Trinajstić information content (AvgIpc) is 4.13. The number of tetrazole rings is 2. The van der Waals surface area contributed by atoms with Crippen molar-refractivity contribution in [1.29, 1.82) is 0 Å². The van der Waals surface area contributed by atoms with Gasteiger partial charge in [-0.25, -0.2) is 19.0 Å². The second-order valence-electron chi connectivity index (χ2n) is 17.2. The van der Waals surface area contributed by atoms with Crippen LogP contribution < -0.4 is 28.7 Å². The Morgan fingerprint density at radius 2 is 0.730 bits per heavy atom. The standard InChI is InChI=1S/2C29H23N5O3/c2*35-29-34(22-15-17-24(18-16-22)36-23-11-5-2-6-12-23)27(25-13-7-8-14-26(25)37-29)28-30-31-32-33(28)20-19-21-9-3-1-4-10-21/h2*1-18,27H,19-20H2/t2*27-/m10/s1. The van der Waals surface area contributed by atoms with Gasteiger partial charge in [-0.15, -0.1) is 10.2 Å². The summed E-state index contributed by atoms with van der Waals surface area (Å²) in [6, 6.07) is 67.8. The van der Waals surface area contributed by atoms with Gasteiger partial charge in [0, 0.05) is 35.6 Å². The second kappa shape index (κ2) is 21.6. The Hall–Kier alpha value is -9.96. The van der Waals surface area contributed by atoms with Crippen LogP contribution in [0, 0.1) is 0 Å². The van der Waals surface area contributed by atoms with E-state index in [0.717, 1.165) is 35.5 Å². The quantitative estimate of drug-likeness (QED) is 0.101. The monoisotopic (exact) mass is 978 g/mol. The predicted octanol–water partition coefficient (Wildman–Crippen LogP) is 11.6. The van der Waals surface area contributed by atoms with Crippen LogP contribution in [0.2, 0.25) is 0 Å². The van der Waals surface area contributed by atoms with Gasteiger partial charge in [-0.1, -0.05) is 133 Å². The van der Waals surface area contributed by atoms with Gasteiger partial charge in [0.1, 0.15) is 46.6 Å². The maximum absolute atomic E-state index is 13.3. The van der Waals surface area contributed by atoms with Crippen LogP contribution >= 0.6 is 0 Å². The highest BCUT2D eigenvalue weighted by Crippen LogP contribution is 2.43. The molecule has 364 valence electrons. The largest absolute Gasteiger partial charge is 0.457 e. The van der Waals surface area contributed by atoms with Crippen molar-refractivity contribution in [1.82, 2.24) is 40.4 Å². The molecule has 16 heteroatoms. The first-order valence-corrected chi connectivity index (χ1v) is 24.0. The van der Waals surface area contributed by atoms with Crippen LogP contribution in [-0.4, -0.2) is 52.6 Å². The minimum Gasteiger partial charge on any atom is -0.457 e. The van der Waals surface area contributed by atoms with Crippen LogP contribution in [0.5, 0.6) is 34.5 Å². The van der Waals surface area contributed by atoms with Gasteiger partial charge in [0.05, 0.1) is 0 Å². The highest BCUT2D eigenvalue weighted by Gasteiger charge is 2.41. The Balaban J connectivity index is 0.000000159. The lowest BCUT2D eigenvalue weighted by molar-refractivity contribution is 0.199. The summed E-state index contributed by atoms with van der Waals surface area (Å²) in [6.45, 7) is 1.13. The average molecular weight is 979 g/mol. The molecule has 12 rings (SSSR count). The molecule has 0 bridgehead atoms. The van der Waals surface area contributed by atoms with Crippen LogP contribution in [0.3, 0.4) is 0 Å². The molecule has 0 fully saturated rings. The summed E-state index contributed by atoms with van der Waals surface area (Å²) in [5.41, 5.74) is 5.26. The number of hydrogen-bond donors (Lipinski definition) is 0. The van der Waals surface area contributed by atoms with Gasteiger partial charge in [0.2, 0.25) is 0 Å². The van der Waals surface area contributed by atoms with Gasteiger partial charge >= 0.3 is 12.2 Å². The normalized spacial score (nSPS) is 14.6. The van der Waals surface area contributed by atoms with Crippen LogP contribution in [0.4, 0.5) is 21.0 Å². The zero-order chi connectivity index (χ0) is 50.1. The molecule has 0 N–H and O–H groups in total. The number of amides is 2. The first-order valence-electron chi connectivity index (χ1n) is 24.0. The Morgan fingerprint density at radius 1 is 0.392 bits per heavy atom. The van der Waals surface area contributed by atoms with E-state index in [0.29, 0.717) is 59.1 Å². The molecule has 0 saturated heterocycles. The lowest BCUT2D eigenvalue weighted by Gasteiger charge is -2.35. The van der Waals surface area contributed by atoms with Gasteiger partial charge in [-0.05, 0) is 130 Å². The number of carbonyl (C=O) groups excluding carboxylic acids is 2. The van der Waals surface area contributed by atoms with Gasteiger partial charge < -0.3 is 18.9 Å². The van der Waals surface area contributed by atoms with Crippen molar-refractivity contribution in [3.05, 3.63) is 252 Å². The van der Waals surface area contributed by atoms with Crippen molar-refractivity contribution in [3.63, 3.8) is 0 Å². The molecule has 8 aromatic carbocycles. The number of anilines is 2. The zero-order valence-corrected chi connectivity index (χ0v) is 39.7. The number of nitrogens with zero attached hydrogens (tertiary/aromatic N) is 10. The number of fused-ring (bicyclic) bond motifs is 2. The van der Waals surface area contributed by atoms with E-state index in [1.807, 2.05) is 182 Å². The lowest BCUT2D eigenvalue weighted by atomic mass is 10.0. The minimum atomic E-state index is -0.566. The number of para-hydroxylation sites is 4. The van der Waals surface area contributed by atoms with Crippen LogP contribution in [0.25, 0.3) is 0 Å². The fourth-order valence-corrected chi connectivity index (χ4v) is 8.88. The highest BCUT2D eigenvalue weighted by molar-refractivity contribution is 5.94. The minimum absolute atomic E-state index is 0.496. The first kappa shape index (κ1) is 46.4. The fourth-order valence-electron chi connectivity index (χ4n) is 8.88. The number of carbonyl (C=O) groups is 2. The number of benzene rings is 8. The summed E-state index contributed by atoms with van der Waals surface area (Å²) in [7, 11) is 0. The molecule has 2 aromatic heterocycles. The Bertz CT molecular complexity index is 3240. The molecule has 0 radical (unpaired) electrons. The molecule has 74 heavy (non-hydrogen) atoms. The van der Waals surface area contributed by atoms with Crippen LogP contribution in [0.15, 0.2) is 218 Å². The molecule has 0 unspecified atom stereocenters. The third kappa shape index (κ3) is 10.3. The summed E-state index contributed by atoms with van der Waals surface area (Å²) in [5.74, 6) is 4.89. The first-order chi connectivity index (χ1) is 36.5. The topological polar surface area (TPSA) is 165 Å².